The van der Waals surface area contributed by atoms with Crippen molar-refractivity contribution in [2.45, 2.75) is 18.9 Å². The predicted octanol–water partition coefficient (Wildman–Crippen LogP) is 2.50. The van der Waals surface area contributed by atoms with Crippen molar-refractivity contribution < 1.29 is 13.9 Å². The van der Waals surface area contributed by atoms with E-state index in [1.165, 1.54) is 13.2 Å². The Morgan fingerprint density at radius 1 is 1.47 bits per heavy atom. The van der Waals surface area contributed by atoms with E-state index in [1.54, 1.807) is 0 Å². The van der Waals surface area contributed by atoms with Crippen molar-refractivity contribution >= 4 is 29.1 Å². The summed E-state index contributed by atoms with van der Waals surface area (Å²) in [5.74, 6) is 1.14. The maximum absolute atomic E-state index is 13.9. The molecule has 19 heavy (non-hydrogen) atoms. The molecule has 0 spiro atoms. The van der Waals surface area contributed by atoms with E-state index in [9.17, 15) is 9.18 Å². The van der Waals surface area contributed by atoms with Crippen LogP contribution in [0.25, 0.3) is 0 Å². The molecule has 104 valence electrons. The van der Waals surface area contributed by atoms with Gasteiger partial charge in [0, 0.05) is 11.7 Å². The van der Waals surface area contributed by atoms with Gasteiger partial charge in [-0.25, -0.2) is 9.18 Å². The molecule has 0 amide bonds. The van der Waals surface area contributed by atoms with Gasteiger partial charge in [0.15, 0.2) is 0 Å². The number of thioether (sulfide) groups is 1. The number of carbonyl (C=O) groups excluding carboxylic acids is 1. The minimum Gasteiger partial charge on any atom is -0.465 e. The first-order valence-electron chi connectivity index (χ1n) is 6.13. The molecule has 0 atom stereocenters. The Morgan fingerprint density at radius 3 is 2.79 bits per heavy atom. The molecule has 6 heteroatoms. The van der Waals surface area contributed by atoms with Crippen LogP contribution in [0.1, 0.15) is 23.2 Å². The van der Waals surface area contributed by atoms with Crippen LogP contribution in [0.5, 0.6) is 0 Å². The highest BCUT2D eigenvalue weighted by Gasteiger charge is 2.18. The molecule has 4 nitrogen and oxygen atoms in total. The monoisotopic (exact) mass is 284 g/mol. The Bertz CT molecular complexity index is 476. The van der Waals surface area contributed by atoms with E-state index < -0.39 is 11.8 Å². The Hall–Kier alpha value is -1.43. The summed E-state index contributed by atoms with van der Waals surface area (Å²) >= 11 is 1.90. The third-order valence-electron chi connectivity index (χ3n) is 3.13. The standard InChI is InChI=1S/C13H17FN2O2S/c1-18-13(17)9-6-12(10(14)7-11(9)15)16-8-2-4-19-5-3-8/h6-8,16H,2-5,15H2,1H3. The second kappa shape index (κ2) is 6.14. The van der Waals surface area contributed by atoms with Gasteiger partial charge in [0.25, 0.3) is 0 Å². The topological polar surface area (TPSA) is 64.3 Å². The number of methoxy groups -OCH3 is 1. The zero-order valence-corrected chi connectivity index (χ0v) is 11.6. The smallest absolute Gasteiger partial charge is 0.340 e. The lowest BCUT2D eigenvalue weighted by atomic mass is 10.1. The van der Waals surface area contributed by atoms with Gasteiger partial charge in [0.1, 0.15) is 5.82 Å². The number of halogens is 1. The SMILES string of the molecule is COC(=O)c1cc(NC2CCSCC2)c(F)cc1N. The lowest BCUT2D eigenvalue weighted by molar-refractivity contribution is 0.0602. The van der Waals surface area contributed by atoms with Gasteiger partial charge in [-0.05, 0) is 36.5 Å². The van der Waals surface area contributed by atoms with Gasteiger partial charge in [0.2, 0.25) is 0 Å². The second-order valence-electron chi connectivity index (χ2n) is 4.44. The molecule has 0 saturated carbocycles. The Kier molecular flexibility index (Phi) is 4.52. The molecule has 3 N–H and O–H groups in total. The highest BCUT2D eigenvalue weighted by molar-refractivity contribution is 7.99. The first-order chi connectivity index (χ1) is 9.11. The molecule has 0 aliphatic carbocycles. The fourth-order valence-electron chi connectivity index (χ4n) is 2.05. The molecular weight excluding hydrogens is 267 g/mol. The summed E-state index contributed by atoms with van der Waals surface area (Å²) in [6, 6.07) is 2.83. The van der Waals surface area contributed by atoms with Crippen LogP contribution >= 0.6 is 11.8 Å². The predicted molar refractivity (Wildman–Crippen MR) is 76.1 cm³/mol. The van der Waals surface area contributed by atoms with Crippen LogP contribution in [-0.2, 0) is 4.74 Å². The minimum atomic E-state index is -0.556. The number of carbonyl (C=O) groups is 1. The van der Waals surface area contributed by atoms with Crippen LogP contribution in [0.2, 0.25) is 0 Å². The van der Waals surface area contributed by atoms with Crippen LogP contribution < -0.4 is 11.1 Å². The number of benzene rings is 1. The van der Waals surface area contributed by atoms with E-state index >= 15 is 0 Å². The summed E-state index contributed by atoms with van der Waals surface area (Å²) in [5, 5.41) is 3.14. The number of ether oxygens (including phenoxy) is 1. The van der Waals surface area contributed by atoms with Crippen LogP contribution in [0.4, 0.5) is 15.8 Å². The normalized spacial score (nSPS) is 16.1. The average Bonchev–Trinajstić information content (AvgIpc) is 2.42. The summed E-state index contributed by atoms with van der Waals surface area (Å²) in [4.78, 5) is 11.5. The number of hydrogen-bond acceptors (Lipinski definition) is 5. The van der Waals surface area contributed by atoms with E-state index in [-0.39, 0.29) is 17.3 Å². The fraction of sp³-hybridized carbons (Fsp3) is 0.462. The average molecular weight is 284 g/mol. The number of nitrogens with two attached hydrogens (primary N) is 1. The van der Waals surface area contributed by atoms with Crippen molar-refractivity contribution in [1.82, 2.24) is 0 Å². The number of nitrogen functional groups attached to an aromatic ring is 1. The van der Waals surface area contributed by atoms with Crippen LogP contribution in [0.15, 0.2) is 12.1 Å². The quantitative estimate of drug-likeness (QED) is 0.659. The third kappa shape index (κ3) is 3.32. The summed E-state index contributed by atoms with van der Waals surface area (Å²) in [6.45, 7) is 0. The van der Waals surface area contributed by atoms with Gasteiger partial charge in [-0.2, -0.15) is 11.8 Å². The van der Waals surface area contributed by atoms with Crippen LogP contribution in [0, 0.1) is 5.82 Å². The van der Waals surface area contributed by atoms with Crippen molar-refractivity contribution in [2.75, 3.05) is 29.7 Å². The van der Waals surface area contributed by atoms with Crippen molar-refractivity contribution in [1.29, 1.82) is 0 Å². The summed E-state index contributed by atoms with van der Waals surface area (Å²) < 4.78 is 18.5. The third-order valence-corrected chi connectivity index (χ3v) is 4.17. The molecule has 1 heterocycles. The Balaban J connectivity index is 2.21. The van der Waals surface area contributed by atoms with Crippen LogP contribution in [0.3, 0.4) is 0 Å². The van der Waals surface area contributed by atoms with Gasteiger partial charge in [0.05, 0.1) is 18.4 Å². The lowest BCUT2D eigenvalue weighted by Gasteiger charge is -2.24. The molecule has 1 aliphatic rings. The van der Waals surface area contributed by atoms with E-state index in [1.807, 2.05) is 11.8 Å². The van der Waals surface area contributed by atoms with Crippen LogP contribution in [-0.4, -0.2) is 30.6 Å². The number of esters is 1. The van der Waals surface area contributed by atoms with E-state index in [0.717, 1.165) is 30.4 Å². The van der Waals surface area contributed by atoms with Crippen molar-refractivity contribution in [3.63, 3.8) is 0 Å². The number of anilines is 2. The van der Waals surface area contributed by atoms with Gasteiger partial charge in [-0.1, -0.05) is 0 Å². The molecule has 0 radical (unpaired) electrons. The number of hydrogen-bond donors (Lipinski definition) is 2. The van der Waals surface area contributed by atoms with E-state index in [2.05, 4.69) is 10.1 Å². The zero-order valence-electron chi connectivity index (χ0n) is 10.7. The van der Waals surface area contributed by atoms with Crippen molar-refractivity contribution in [2.24, 2.45) is 0 Å². The molecular formula is C13H17FN2O2S. The van der Waals surface area contributed by atoms with E-state index in [4.69, 9.17) is 5.73 Å². The molecule has 1 aliphatic heterocycles. The fourth-order valence-corrected chi connectivity index (χ4v) is 3.15. The summed E-state index contributed by atoms with van der Waals surface area (Å²) in [7, 11) is 1.27. The number of rotatable bonds is 3. The second-order valence-corrected chi connectivity index (χ2v) is 5.67. The molecule has 1 aromatic carbocycles. The minimum absolute atomic E-state index is 0.0918. The summed E-state index contributed by atoms with van der Waals surface area (Å²) in [5.41, 5.74) is 6.22. The molecule has 1 saturated heterocycles. The Labute approximate surface area is 115 Å². The maximum atomic E-state index is 13.9. The van der Waals surface area contributed by atoms with Crippen molar-refractivity contribution in [3.8, 4) is 0 Å². The van der Waals surface area contributed by atoms with Gasteiger partial charge in [-0.15, -0.1) is 0 Å². The highest BCUT2D eigenvalue weighted by Crippen LogP contribution is 2.26. The van der Waals surface area contributed by atoms with E-state index in [0.29, 0.717) is 5.69 Å². The molecule has 0 bridgehead atoms. The zero-order chi connectivity index (χ0) is 13.8. The molecule has 0 aromatic heterocycles. The van der Waals surface area contributed by atoms with Gasteiger partial charge >= 0.3 is 5.97 Å². The lowest BCUT2D eigenvalue weighted by Crippen LogP contribution is -2.25. The first kappa shape index (κ1) is 14.0. The molecule has 0 unspecified atom stereocenters. The summed E-state index contributed by atoms with van der Waals surface area (Å²) in [6.07, 6.45) is 1.98. The Morgan fingerprint density at radius 2 is 2.16 bits per heavy atom. The molecule has 2 rings (SSSR count). The first-order valence-corrected chi connectivity index (χ1v) is 7.29. The van der Waals surface area contributed by atoms with Gasteiger partial charge < -0.3 is 15.8 Å². The largest absolute Gasteiger partial charge is 0.465 e. The highest BCUT2D eigenvalue weighted by atomic mass is 32.2. The molecule has 1 fully saturated rings. The molecule has 1 aromatic rings. The maximum Gasteiger partial charge on any atom is 0.340 e. The van der Waals surface area contributed by atoms with Gasteiger partial charge in [-0.3, -0.25) is 0 Å². The van der Waals surface area contributed by atoms with Crippen molar-refractivity contribution in [3.05, 3.63) is 23.5 Å². The number of nitrogens with one attached hydrogen (secondary N) is 1.